The number of halogens is 4. The number of pyridine rings is 1. The average molecular weight is 628 g/mol. The molecule has 5 N–H and O–H groups in total. The third-order valence-corrected chi connectivity index (χ3v) is 7.68. The zero-order valence-electron chi connectivity index (χ0n) is 23.7. The first-order valence-corrected chi connectivity index (χ1v) is 14.0. The Morgan fingerprint density at radius 2 is 1.93 bits per heavy atom. The number of benzene rings is 1. The lowest BCUT2D eigenvalue weighted by Crippen LogP contribution is -2.30. The van der Waals surface area contributed by atoms with Crippen LogP contribution in [0.25, 0.3) is 22.5 Å². The fourth-order valence-corrected chi connectivity index (χ4v) is 5.28. The molecule has 0 spiro atoms. The molecule has 1 amide bonds. The summed E-state index contributed by atoms with van der Waals surface area (Å²) >= 11 is 6.19. The number of hydrogen-bond acceptors (Lipinski definition) is 8. The molecular weight excluding hydrogens is 599 g/mol. The first-order valence-electron chi connectivity index (χ1n) is 13.6. The summed E-state index contributed by atoms with van der Waals surface area (Å²) in [5.41, 5.74) is 6.37. The van der Waals surface area contributed by atoms with Crippen LogP contribution in [0, 0.1) is 5.92 Å². The Kier molecular flexibility index (Phi) is 8.48. The fourth-order valence-electron chi connectivity index (χ4n) is 5.11. The lowest BCUT2D eigenvalue weighted by molar-refractivity contribution is -0.119. The lowest BCUT2D eigenvalue weighted by atomic mass is 9.97. The second-order valence-electron chi connectivity index (χ2n) is 10.5. The number of carbonyl (C=O) groups is 1. The molecule has 230 valence electrons. The first kappa shape index (κ1) is 30.8. The first-order chi connectivity index (χ1) is 20.8. The summed E-state index contributed by atoms with van der Waals surface area (Å²) in [5, 5.41) is 8.24. The van der Waals surface area contributed by atoms with Crippen LogP contribution in [-0.4, -0.2) is 36.4 Å². The summed E-state index contributed by atoms with van der Waals surface area (Å²) in [7, 11) is 1.77. The maximum Gasteiger partial charge on any atom is 0.432 e. The normalized spacial score (nSPS) is 17.7. The maximum absolute atomic E-state index is 13.6. The van der Waals surface area contributed by atoms with Crippen molar-refractivity contribution in [1.82, 2.24) is 24.3 Å². The molecule has 0 saturated carbocycles. The summed E-state index contributed by atoms with van der Waals surface area (Å²) in [5.74, 6) is 5.49. The molecule has 0 fully saturated rings. The highest BCUT2D eigenvalue weighted by molar-refractivity contribution is 6.31. The number of aromatic nitrogens is 5. The number of hydrazine groups is 1. The molecule has 2 atom stereocenters. The van der Waals surface area contributed by atoms with Crippen molar-refractivity contribution in [3.05, 3.63) is 88.1 Å². The van der Waals surface area contributed by atoms with Crippen LogP contribution in [0.4, 0.5) is 24.5 Å². The summed E-state index contributed by atoms with van der Waals surface area (Å²) in [4.78, 5) is 35.6. The van der Waals surface area contributed by atoms with E-state index >= 15 is 0 Å². The van der Waals surface area contributed by atoms with E-state index in [0.29, 0.717) is 47.5 Å². The van der Waals surface area contributed by atoms with Gasteiger partial charge in [0.25, 0.3) is 5.56 Å². The zero-order chi connectivity index (χ0) is 31.8. The summed E-state index contributed by atoms with van der Waals surface area (Å²) < 4.78 is 42.2. The number of rotatable bonds is 4. The average Bonchev–Trinajstić information content (AvgIpc) is 3.33. The van der Waals surface area contributed by atoms with Crippen LogP contribution in [0.1, 0.15) is 37.9 Å². The Hall–Kier alpha value is -4.69. The topological polar surface area (TPSA) is 150 Å². The van der Waals surface area contributed by atoms with E-state index in [9.17, 15) is 22.8 Å². The van der Waals surface area contributed by atoms with E-state index < -0.39 is 23.5 Å². The number of allylic oxidation sites excluding steroid dienone is 1. The number of nitrogens with zero attached hydrogens (tertiary/aromatic N) is 6. The van der Waals surface area contributed by atoms with Gasteiger partial charge in [-0.05, 0) is 43.2 Å². The maximum atomic E-state index is 13.6. The Morgan fingerprint density at radius 1 is 1.16 bits per heavy atom. The minimum Gasteiger partial charge on any atom is -0.393 e. The van der Waals surface area contributed by atoms with Gasteiger partial charge in [-0.15, -0.1) is 0 Å². The van der Waals surface area contributed by atoms with Gasteiger partial charge in [0.1, 0.15) is 5.70 Å². The minimum atomic E-state index is -4.79. The molecule has 5 rings (SSSR count). The third-order valence-electron chi connectivity index (χ3n) is 7.44. The van der Waals surface area contributed by atoms with E-state index in [0.717, 1.165) is 5.56 Å². The largest absolute Gasteiger partial charge is 0.432 e. The highest BCUT2D eigenvalue weighted by atomic mass is 35.5. The van der Waals surface area contributed by atoms with E-state index in [1.807, 2.05) is 13.0 Å². The van der Waals surface area contributed by atoms with Gasteiger partial charge in [-0.3, -0.25) is 28.8 Å². The number of carbonyl (C=O) groups excluding carboxylic acids is 1. The van der Waals surface area contributed by atoms with E-state index in [1.165, 1.54) is 35.2 Å². The van der Waals surface area contributed by atoms with Crippen LogP contribution >= 0.6 is 11.6 Å². The molecule has 1 aliphatic heterocycles. The van der Waals surface area contributed by atoms with Crippen LogP contribution in [0.3, 0.4) is 0 Å². The molecule has 4 aromatic rings. The second-order valence-corrected chi connectivity index (χ2v) is 10.9. The van der Waals surface area contributed by atoms with Crippen LogP contribution in [0.5, 0.6) is 0 Å². The molecule has 0 saturated heterocycles. The van der Waals surface area contributed by atoms with Crippen molar-refractivity contribution in [3.8, 4) is 22.5 Å². The number of anilines is 2. The van der Waals surface area contributed by atoms with Crippen molar-refractivity contribution >= 4 is 28.9 Å². The van der Waals surface area contributed by atoms with Gasteiger partial charge in [-0.2, -0.15) is 18.3 Å². The zero-order valence-corrected chi connectivity index (χ0v) is 24.5. The van der Waals surface area contributed by atoms with Crippen molar-refractivity contribution in [2.45, 2.75) is 38.4 Å². The molecular formula is C29H29ClF3N9O2. The highest BCUT2D eigenvalue weighted by Gasteiger charge is 2.32. The smallest absolute Gasteiger partial charge is 0.393 e. The number of aryl methyl sites for hydroxylation is 1. The van der Waals surface area contributed by atoms with Crippen molar-refractivity contribution in [1.29, 1.82) is 0 Å². The molecule has 1 aliphatic rings. The van der Waals surface area contributed by atoms with Crippen molar-refractivity contribution in [2.24, 2.45) is 24.5 Å². The lowest BCUT2D eigenvalue weighted by Gasteiger charge is -2.23. The number of fused-ring (bicyclic) bond motifs is 4. The molecule has 2 bridgehead atoms. The SMILES string of the molecule is CC1CCCC(n2cnc(-c3cc(Cl)ccc3N(N)/C=C(\N)C(F)(F)F)cc2=O)c2cc(ccn2)-c2c(cnn2C)NC1=O. The molecule has 3 aromatic heterocycles. The number of amides is 1. The van der Waals surface area contributed by atoms with E-state index in [1.54, 1.807) is 30.2 Å². The Bertz CT molecular complexity index is 1800. The summed E-state index contributed by atoms with van der Waals surface area (Å²) in [6, 6.07) is 8.66. The summed E-state index contributed by atoms with van der Waals surface area (Å²) in [6.07, 6.45) is 1.97. The Labute approximate surface area is 254 Å². The predicted octanol–water partition coefficient (Wildman–Crippen LogP) is 4.75. The fraction of sp³-hybridized carbons (Fsp3) is 0.276. The molecule has 2 unspecified atom stereocenters. The molecule has 0 radical (unpaired) electrons. The van der Waals surface area contributed by atoms with Gasteiger partial charge >= 0.3 is 6.18 Å². The molecule has 1 aromatic carbocycles. The van der Waals surface area contributed by atoms with Crippen molar-refractivity contribution in [3.63, 3.8) is 0 Å². The van der Waals surface area contributed by atoms with E-state index in [2.05, 4.69) is 20.4 Å². The highest BCUT2D eigenvalue weighted by Crippen LogP contribution is 2.34. The van der Waals surface area contributed by atoms with Crippen LogP contribution in [0.2, 0.25) is 5.02 Å². The summed E-state index contributed by atoms with van der Waals surface area (Å²) in [6.45, 7) is 1.84. The van der Waals surface area contributed by atoms with Gasteiger partial charge in [0.2, 0.25) is 5.91 Å². The van der Waals surface area contributed by atoms with Gasteiger partial charge in [0.15, 0.2) is 0 Å². The monoisotopic (exact) mass is 627 g/mol. The predicted molar refractivity (Wildman–Crippen MR) is 160 cm³/mol. The van der Waals surface area contributed by atoms with E-state index in [-0.39, 0.29) is 33.8 Å². The van der Waals surface area contributed by atoms with Gasteiger partial charge in [-0.25, -0.2) is 10.8 Å². The molecule has 0 aliphatic carbocycles. The Morgan fingerprint density at radius 3 is 2.66 bits per heavy atom. The minimum absolute atomic E-state index is 0.0888. The number of nitrogens with one attached hydrogen (secondary N) is 1. The van der Waals surface area contributed by atoms with Crippen LogP contribution in [-0.2, 0) is 11.8 Å². The molecule has 4 heterocycles. The van der Waals surface area contributed by atoms with Gasteiger partial charge in [-0.1, -0.05) is 24.9 Å². The standard InChI is InChI=1S/C29H29ClF3N9O2/c1-16-4-3-5-24(21-10-17(8-9-36-21)27-22(39-28(16)44)13-38-40(27)2)41-15-37-20(12-26(41)43)19-11-18(30)6-7-23(19)42(35)14-25(34)29(31,32)33/h6-16,24H,3-5,34-35H2,1-2H3,(H,39,44)/b25-14-. The van der Waals surface area contributed by atoms with Crippen molar-refractivity contribution in [2.75, 3.05) is 10.3 Å². The van der Waals surface area contributed by atoms with Gasteiger partial charge in [0.05, 0.1) is 47.0 Å². The van der Waals surface area contributed by atoms with Crippen molar-refractivity contribution < 1.29 is 18.0 Å². The van der Waals surface area contributed by atoms with E-state index in [4.69, 9.17) is 23.2 Å². The Balaban J connectivity index is 1.57. The second kappa shape index (κ2) is 12.1. The van der Waals surface area contributed by atoms with Crippen LogP contribution < -0.4 is 27.5 Å². The molecule has 15 heteroatoms. The van der Waals surface area contributed by atoms with Crippen LogP contribution in [0.15, 0.2) is 71.8 Å². The number of nitrogens with two attached hydrogens (primary N) is 2. The quantitative estimate of drug-likeness (QED) is 0.217. The third kappa shape index (κ3) is 6.31. The molecule has 11 nitrogen and oxygen atoms in total. The van der Waals surface area contributed by atoms with Gasteiger partial charge < -0.3 is 11.1 Å². The van der Waals surface area contributed by atoms with Gasteiger partial charge in [0, 0.05) is 47.6 Å². The molecule has 44 heavy (non-hydrogen) atoms. The number of hydrogen-bond donors (Lipinski definition) is 3. The number of alkyl halides is 3.